The fourth-order valence-electron chi connectivity index (χ4n) is 8.39. The number of hydrogen-bond donors (Lipinski definition) is 0. The third-order valence-corrected chi connectivity index (χ3v) is 9.80. The average Bonchev–Trinajstić information content (AvgIpc) is 3.52. The Morgan fingerprint density at radius 2 is 2.10 bits per heavy atom. The molecule has 1 aromatic carbocycles. The van der Waals surface area contributed by atoms with E-state index in [-0.39, 0.29) is 28.6 Å². The Balaban J connectivity index is 1.51. The molecule has 8 rings (SSSR count). The summed E-state index contributed by atoms with van der Waals surface area (Å²) in [5.74, 6) is 2.60. The van der Waals surface area contributed by atoms with Crippen molar-refractivity contribution in [2.75, 3.05) is 27.3 Å². The predicted molar refractivity (Wildman–Crippen MR) is 116 cm³/mol. The Morgan fingerprint density at radius 1 is 1.26 bits per heavy atom. The topological polar surface area (TPSA) is 48.0 Å². The molecule has 2 heterocycles. The van der Waals surface area contributed by atoms with E-state index >= 15 is 0 Å². The summed E-state index contributed by atoms with van der Waals surface area (Å²) in [6, 6.07) is 4.74. The molecule has 1 aromatic rings. The number of nitrogens with zero attached hydrogens (tertiary/aromatic N) is 1. The van der Waals surface area contributed by atoms with Crippen molar-refractivity contribution < 1.29 is 19.0 Å². The summed E-state index contributed by atoms with van der Waals surface area (Å²) < 4.78 is 18.9. The minimum absolute atomic E-state index is 0.0912. The zero-order valence-electron chi connectivity index (χ0n) is 18.6. The van der Waals surface area contributed by atoms with Gasteiger partial charge < -0.3 is 14.2 Å². The van der Waals surface area contributed by atoms with Crippen LogP contribution in [-0.4, -0.2) is 55.7 Å². The van der Waals surface area contributed by atoms with E-state index in [0.717, 1.165) is 43.2 Å². The highest BCUT2D eigenvalue weighted by Gasteiger charge is 2.79. The standard InChI is InChI=1S/C26H31NO4/c1-15(28)18-13-24-8-9-26(18,30-3)23-25(24)10-11-27(14-16-4-5-16)20(24)12-17-6-7-19(29-2)22(31-23)21(17)25/h6-9,16,18,20,23H,4-5,10-14H2,1-3H3/t18-,20-,23-,24?,25+,26-/m1/s1. The molecule has 31 heavy (non-hydrogen) atoms. The molecular weight excluding hydrogens is 390 g/mol. The van der Waals surface area contributed by atoms with Crippen LogP contribution in [0.3, 0.4) is 0 Å². The number of hydrogen-bond acceptors (Lipinski definition) is 5. The number of rotatable bonds is 5. The van der Waals surface area contributed by atoms with Gasteiger partial charge in [0.25, 0.3) is 0 Å². The highest BCUT2D eigenvalue weighted by molar-refractivity contribution is 5.82. The van der Waals surface area contributed by atoms with Gasteiger partial charge in [-0.3, -0.25) is 9.69 Å². The molecule has 1 saturated heterocycles. The summed E-state index contributed by atoms with van der Waals surface area (Å²) >= 11 is 0. The van der Waals surface area contributed by atoms with Crippen molar-refractivity contribution in [2.45, 2.75) is 62.2 Å². The van der Waals surface area contributed by atoms with Crippen LogP contribution in [0.2, 0.25) is 0 Å². The number of ketones is 1. The number of benzene rings is 1. The van der Waals surface area contributed by atoms with Crippen molar-refractivity contribution in [3.63, 3.8) is 0 Å². The smallest absolute Gasteiger partial charge is 0.166 e. The number of fused-ring (bicyclic) bond motifs is 1. The summed E-state index contributed by atoms with van der Waals surface area (Å²) in [6.45, 7) is 4.02. The molecule has 0 N–H and O–H groups in total. The lowest BCUT2D eigenvalue weighted by Gasteiger charge is -2.71. The third-order valence-electron chi connectivity index (χ3n) is 9.80. The second-order valence-corrected chi connectivity index (χ2v) is 10.8. The van der Waals surface area contributed by atoms with Crippen LogP contribution in [0.4, 0.5) is 0 Å². The molecule has 2 aliphatic heterocycles. The molecule has 0 radical (unpaired) electrons. The van der Waals surface area contributed by atoms with Crippen LogP contribution in [0.15, 0.2) is 24.3 Å². The summed E-state index contributed by atoms with van der Waals surface area (Å²) in [5, 5.41) is 0. The molecule has 4 bridgehead atoms. The molecule has 5 aliphatic carbocycles. The Hall–Kier alpha value is -1.85. The van der Waals surface area contributed by atoms with E-state index in [1.54, 1.807) is 21.1 Å². The number of likely N-dealkylation sites (tertiary alicyclic amines) is 1. The van der Waals surface area contributed by atoms with E-state index in [1.165, 1.54) is 30.5 Å². The number of methoxy groups -OCH3 is 2. The molecule has 2 spiro atoms. The van der Waals surface area contributed by atoms with E-state index < -0.39 is 5.60 Å². The molecule has 2 saturated carbocycles. The van der Waals surface area contributed by atoms with Crippen molar-refractivity contribution in [3.8, 4) is 11.5 Å². The molecule has 6 atom stereocenters. The van der Waals surface area contributed by atoms with Gasteiger partial charge in [0, 0.05) is 30.7 Å². The summed E-state index contributed by atoms with van der Waals surface area (Å²) in [6.07, 6.45) is 10.1. The SMILES string of the molecule is COc1ccc2c3c1O[C@H]1[C@@]4(OC)C=CC5(C[C@@H]4C(C)=O)[C@@H](C2)N(CC2CC2)CC[C@]315. The molecule has 7 aliphatic rings. The zero-order valence-corrected chi connectivity index (χ0v) is 18.6. The summed E-state index contributed by atoms with van der Waals surface area (Å²) in [4.78, 5) is 15.8. The molecule has 5 nitrogen and oxygen atoms in total. The van der Waals surface area contributed by atoms with Gasteiger partial charge >= 0.3 is 0 Å². The monoisotopic (exact) mass is 421 g/mol. The summed E-state index contributed by atoms with van der Waals surface area (Å²) in [7, 11) is 3.47. The van der Waals surface area contributed by atoms with Gasteiger partial charge in [0.05, 0.1) is 18.4 Å². The van der Waals surface area contributed by atoms with Crippen molar-refractivity contribution in [1.82, 2.24) is 4.90 Å². The van der Waals surface area contributed by atoms with E-state index in [9.17, 15) is 4.79 Å². The van der Waals surface area contributed by atoms with Crippen LogP contribution in [0, 0.1) is 17.3 Å². The van der Waals surface area contributed by atoms with Gasteiger partial charge in [-0.15, -0.1) is 0 Å². The minimum Gasteiger partial charge on any atom is -0.493 e. The Labute approximate surface area is 183 Å². The first kappa shape index (κ1) is 18.7. The van der Waals surface area contributed by atoms with Gasteiger partial charge in [0.1, 0.15) is 17.5 Å². The Kier molecular flexibility index (Phi) is 3.46. The van der Waals surface area contributed by atoms with Crippen molar-refractivity contribution >= 4 is 5.78 Å². The van der Waals surface area contributed by atoms with Crippen LogP contribution in [-0.2, 0) is 21.4 Å². The van der Waals surface area contributed by atoms with Crippen LogP contribution in [0.25, 0.3) is 0 Å². The predicted octanol–water partition coefficient (Wildman–Crippen LogP) is 3.28. The first-order valence-electron chi connectivity index (χ1n) is 11.9. The quantitative estimate of drug-likeness (QED) is 0.683. The lowest BCUT2D eigenvalue weighted by molar-refractivity contribution is -0.214. The van der Waals surface area contributed by atoms with Crippen LogP contribution < -0.4 is 9.47 Å². The highest BCUT2D eigenvalue weighted by Crippen LogP contribution is 2.74. The van der Waals surface area contributed by atoms with Gasteiger partial charge in [-0.1, -0.05) is 18.2 Å². The molecular formula is C26H31NO4. The largest absolute Gasteiger partial charge is 0.493 e. The third kappa shape index (κ3) is 1.92. The van der Waals surface area contributed by atoms with E-state index in [1.807, 2.05) is 0 Å². The second kappa shape index (κ2) is 5.74. The van der Waals surface area contributed by atoms with Crippen molar-refractivity contribution in [2.24, 2.45) is 17.3 Å². The lowest BCUT2D eigenvalue weighted by Crippen LogP contribution is -2.79. The maximum absolute atomic E-state index is 13.0. The van der Waals surface area contributed by atoms with Gasteiger partial charge in [0.15, 0.2) is 11.5 Å². The van der Waals surface area contributed by atoms with Crippen LogP contribution in [0.5, 0.6) is 11.5 Å². The molecule has 0 aromatic heterocycles. The maximum atomic E-state index is 13.0. The molecule has 3 fully saturated rings. The van der Waals surface area contributed by atoms with Crippen LogP contribution >= 0.6 is 0 Å². The highest BCUT2D eigenvalue weighted by atomic mass is 16.6. The van der Waals surface area contributed by atoms with E-state index in [2.05, 4.69) is 29.2 Å². The lowest BCUT2D eigenvalue weighted by atomic mass is 9.37. The maximum Gasteiger partial charge on any atom is 0.166 e. The first-order valence-corrected chi connectivity index (χ1v) is 11.9. The number of carbonyl (C=O) groups excluding carboxylic acids is 1. The van der Waals surface area contributed by atoms with Gasteiger partial charge in [-0.25, -0.2) is 0 Å². The first-order chi connectivity index (χ1) is 15.0. The van der Waals surface area contributed by atoms with Gasteiger partial charge in [-0.05, 0) is 63.1 Å². The number of piperidine rings is 1. The summed E-state index contributed by atoms with van der Waals surface area (Å²) in [5.41, 5.74) is 1.81. The molecule has 1 unspecified atom stereocenters. The van der Waals surface area contributed by atoms with Gasteiger partial charge in [-0.2, -0.15) is 0 Å². The Bertz CT molecular complexity index is 1030. The van der Waals surface area contributed by atoms with E-state index in [4.69, 9.17) is 14.2 Å². The molecule has 164 valence electrons. The van der Waals surface area contributed by atoms with Gasteiger partial charge in [0.2, 0.25) is 0 Å². The normalized spacial score (nSPS) is 43.5. The fraction of sp³-hybridized carbons (Fsp3) is 0.654. The number of ether oxygens (including phenoxy) is 3. The zero-order chi connectivity index (χ0) is 21.2. The minimum atomic E-state index is -0.713. The average molecular weight is 422 g/mol. The Morgan fingerprint density at radius 3 is 2.81 bits per heavy atom. The van der Waals surface area contributed by atoms with Crippen molar-refractivity contribution in [3.05, 3.63) is 35.4 Å². The van der Waals surface area contributed by atoms with Crippen LogP contribution in [0.1, 0.15) is 43.7 Å². The number of carbonyl (C=O) groups is 1. The van der Waals surface area contributed by atoms with E-state index in [0.29, 0.717) is 6.04 Å². The number of Topliss-reactive ketones (excluding diaryl/α,β-unsaturated/α-hetero) is 1. The molecule has 0 amide bonds. The fourth-order valence-corrected chi connectivity index (χ4v) is 8.39. The molecule has 5 heteroatoms. The second-order valence-electron chi connectivity index (χ2n) is 10.8. The van der Waals surface area contributed by atoms with Crippen molar-refractivity contribution in [1.29, 1.82) is 0 Å².